The maximum atomic E-state index is 10.1. The molecule has 0 aromatic heterocycles. The van der Waals surface area contributed by atoms with Crippen molar-refractivity contribution in [3.8, 4) is 11.5 Å². The van der Waals surface area contributed by atoms with Crippen molar-refractivity contribution in [1.29, 1.82) is 0 Å². The second-order valence-electron chi connectivity index (χ2n) is 6.01. The first-order valence-electron chi connectivity index (χ1n) is 7.32. The standard InChI is InChI=1S/C16H23NO2/c1-10(14-8-7-13(19-2)9-15(14)18)17-16(11-3-4-11)12-5-6-12/h7-12,16-18H,3-6H2,1-2H3. The number of ether oxygens (including phenoxy) is 1. The van der Waals surface area contributed by atoms with Crippen LogP contribution in [0.25, 0.3) is 0 Å². The van der Waals surface area contributed by atoms with Crippen LogP contribution in [0.3, 0.4) is 0 Å². The summed E-state index contributed by atoms with van der Waals surface area (Å²) < 4.78 is 5.13. The van der Waals surface area contributed by atoms with Crippen LogP contribution in [0, 0.1) is 11.8 Å². The number of phenolic OH excluding ortho intramolecular Hbond substituents is 1. The summed E-state index contributed by atoms with van der Waals surface area (Å²) in [7, 11) is 1.62. The molecule has 0 saturated heterocycles. The summed E-state index contributed by atoms with van der Waals surface area (Å²) in [4.78, 5) is 0. The van der Waals surface area contributed by atoms with Gasteiger partial charge in [0.1, 0.15) is 11.5 Å². The van der Waals surface area contributed by atoms with Crippen molar-refractivity contribution in [2.24, 2.45) is 11.8 Å². The summed E-state index contributed by atoms with van der Waals surface area (Å²) in [5.41, 5.74) is 0.965. The van der Waals surface area contributed by atoms with E-state index >= 15 is 0 Å². The fourth-order valence-electron chi connectivity index (χ4n) is 2.96. The lowest BCUT2D eigenvalue weighted by atomic mass is 10.0. The van der Waals surface area contributed by atoms with Gasteiger partial charge in [-0.25, -0.2) is 0 Å². The summed E-state index contributed by atoms with van der Waals surface area (Å²) in [5, 5.41) is 13.8. The zero-order chi connectivity index (χ0) is 13.4. The molecule has 3 rings (SSSR count). The largest absolute Gasteiger partial charge is 0.507 e. The Bertz CT molecular complexity index is 440. The molecule has 1 aromatic rings. The predicted octanol–water partition coefficient (Wildman–Crippen LogP) is 3.24. The van der Waals surface area contributed by atoms with Gasteiger partial charge in [0.15, 0.2) is 0 Å². The number of phenols is 1. The van der Waals surface area contributed by atoms with Crippen molar-refractivity contribution in [2.75, 3.05) is 7.11 Å². The molecule has 2 N–H and O–H groups in total. The zero-order valence-electron chi connectivity index (χ0n) is 11.7. The lowest BCUT2D eigenvalue weighted by Crippen LogP contribution is -2.35. The van der Waals surface area contributed by atoms with Crippen LogP contribution >= 0.6 is 0 Å². The first-order chi connectivity index (χ1) is 9.19. The van der Waals surface area contributed by atoms with E-state index in [1.54, 1.807) is 13.2 Å². The van der Waals surface area contributed by atoms with Gasteiger partial charge in [0.05, 0.1) is 7.11 Å². The monoisotopic (exact) mass is 261 g/mol. The molecule has 1 aromatic carbocycles. The summed E-state index contributed by atoms with van der Waals surface area (Å²) >= 11 is 0. The van der Waals surface area contributed by atoms with Gasteiger partial charge in [0.2, 0.25) is 0 Å². The fourth-order valence-corrected chi connectivity index (χ4v) is 2.96. The molecular formula is C16H23NO2. The second-order valence-corrected chi connectivity index (χ2v) is 6.01. The maximum Gasteiger partial charge on any atom is 0.124 e. The highest BCUT2D eigenvalue weighted by Crippen LogP contribution is 2.45. The van der Waals surface area contributed by atoms with Crippen molar-refractivity contribution in [2.45, 2.75) is 44.7 Å². The van der Waals surface area contributed by atoms with Crippen LogP contribution in [0.4, 0.5) is 0 Å². The van der Waals surface area contributed by atoms with Gasteiger partial charge in [0, 0.05) is 23.7 Å². The molecule has 0 spiro atoms. The number of nitrogens with one attached hydrogen (secondary N) is 1. The Kier molecular flexibility index (Phi) is 3.40. The van der Waals surface area contributed by atoms with Crippen LogP contribution in [0.1, 0.15) is 44.2 Å². The molecule has 2 aliphatic carbocycles. The van der Waals surface area contributed by atoms with E-state index in [1.807, 2.05) is 12.1 Å². The molecule has 19 heavy (non-hydrogen) atoms. The number of benzene rings is 1. The summed E-state index contributed by atoms with van der Waals surface area (Å²) in [6.45, 7) is 2.14. The molecule has 2 saturated carbocycles. The SMILES string of the molecule is COc1ccc(C(C)NC(C2CC2)C2CC2)c(O)c1. The van der Waals surface area contributed by atoms with Crippen molar-refractivity contribution in [3.63, 3.8) is 0 Å². The first-order valence-corrected chi connectivity index (χ1v) is 7.32. The summed E-state index contributed by atoms with van der Waals surface area (Å²) in [6, 6.07) is 6.41. The topological polar surface area (TPSA) is 41.5 Å². The Morgan fingerprint density at radius 1 is 1.21 bits per heavy atom. The van der Waals surface area contributed by atoms with E-state index in [4.69, 9.17) is 4.74 Å². The molecule has 3 nitrogen and oxygen atoms in total. The molecule has 3 heteroatoms. The lowest BCUT2D eigenvalue weighted by Gasteiger charge is -2.24. The highest BCUT2D eigenvalue weighted by Gasteiger charge is 2.41. The first kappa shape index (κ1) is 12.8. The molecule has 2 aliphatic rings. The number of aromatic hydroxyl groups is 1. The summed E-state index contributed by atoms with van der Waals surface area (Å²) in [6.07, 6.45) is 5.48. The highest BCUT2D eigenvalue weighted by molar-refractivity contribution is 5.41. The third-order valence-corrected chi connectivity index (χ3v) is 4.41. The van der Waals surface area contributed by atoms with Gasteiger partial charge in [-0.2, -0.15) is 0 Å². The third-order valence-electron chi connectivity index (χ3n) is 4.41. The minimum atomic E-state index is 0.192. The fraction of sp³-hybridized carbons (Fsp3) is 0.625. The quantitative estimate of drug-likeness (QED) is 0.826. The van der Waals surface area contributed by atoms with Crippen LogP contribution in [0.5, 0.6) is 11.5 Å². The Balaban J connectivity index is 1.70. The van der Waals surface area contributed by atoms with E-state index in [0.717, 1.165) is 17.4 Å². The molecule has 2 fully saturated rings. The van der Waals surface area contributed by atoms with Crippen molar-refractivity contribution >= 4 is 0 Å². The number of hydrogen-bond donors (Lipinski definition) is 2. The average molecular weight is 261 g/mol. The van der Waals surface area contributed by atoms with E-state index in [-0.39, 0.29) is 6.04 Å². The Morgan fingerprint density at radius 2 is 1.84 bits per heavy atom. The normalized spacial score (nSPS) is 20.6. The van der Waals surface area contributed by atoms with Crippen molar-refractivity contribution < 1.29 is 9.84 Å². The van der Waals surface area contributed by atoms with E-state index in [9.17, 15) is 5.11 Å². The summed E-state index contributed by atoms with van der Waals surface area (Å²) in [5.74, 6) is 2.77. The molecule has 0 radical (unpaired) electrons. The van der Waals surface area contributed by atoms with Gasteiger partial charge in [0.25, 0.3) is 0 Å². The molecule has 0 aliphatic heterocycles. The Morgan fingerprint density at radius 3 is 2.32 bits per heavy atom. The predicted molar refractivity (Wildman–Crippen MR) is 75.4 cm³/mol. The van der Waals surface area contributed by atoms with Crippen LogP contribution < -0.4 is 10.1 Å². The van der Waals surface area contributed by atoms with Gasteiger partial charge in [-0.15, -0.1) is 0 Å². The smallest absolute Gasteiger partial charge is 0.124 e. The van der Waals surface area contributed by atoms with E-state index < -0.39 is 0 Å². The Hall–Kier alpha value is -1.22. The van der Waals surface area contributed by atoms with Gasteiger partial charge in [-0.3, -0.25) is 0 Å². The van der Waals surface area contributed by atoms with Crippen LogP contribution in [-0.2, 0) is 0 Å². The minimum Gasteiger partial charge on any atom is -0.507 e. The van der Waals surface area contributed by atoms with Crippen LogP contribution in [0.15, 0.2) is 18.2 Å². The maximum absolute atomic E-state index is 10.1. The van der Waals surface area contributed by atoms with Crippen molar-refractivity contribution in [1.82, 2.24) is 5.32 Å². The molecular weight excluding hydrogens is 238 g/mol. The van der Waals surface area contributed by atoms with Crippen LogP contribution in [-0.4, -0.2) is 18.3 Å². The molecule has 1 unspecified atom stereocenters. The van der Waals surface area contributed by atoms with Gasteiger partial charge in [-0.05, 0) is 50.5 Å². The molecule has 0 bridgehead atoms. The number of hydrogen-bond acceptors (Lipinski definition) is 3. The number of rotatable bonds is 6. The van der Waals surface area contributed by atoms with E-state index in [1.165, 1.54) is 25.7 Å². The minimum absolute atomic E-state index is 0.192. The number of methoxy groups -OCH3 is 1. The van der Waals surface area contributed by atoms with E-state index in [2.05, 4.69) is 12.2 Å². The molecule has 1 atom stereocenters. The van der Waals surface area contributed by atoms with Gasteiger partial charge < -0.3 is 15.2 Å². The van der Waals surface area contributed by atoms with Crippen LogP contribution in [0.2, 0.25) is 0 Å². The second kappa shape index (κ2) is 5.04. The molecule has 104 valence electrons. The molecule has 0 heterocycles. The Labute approximate surface area is 115 Å². The molecule has 0 amide bonds. The third kappa shape index (κ3) is 2.86. The van der Waals surface area contributed by atoms with Crippen molar-refractivity contribution in [3.05, 3.63) is 23.8 Å². The average Bonchev–Trinajstić information content (AvgIpc) is 3.28. The lowest BCUT2D eigenvalue weighted by molar-refractivity contribution is 0.366. The highest BCUT2D eigenvalue weighted by atomic mass is 16.5. The zero-order valence-corrected chi connectivity index (χ0v) is 11.7. The van der Waals surface area contributed by atoms with E-state index in [0.29, 0.717) is 17.5 Å². The van der Waals surface area contributed by atoms with Gasteiger partial charge in [-0.1, -0.05) is 6.07 Å². The van der Waals surface area contributed by atoms with Gasteiger partial charge >= 0.3 is 0 Å².